The summed E-state index contributed by atoms with van der Waals surface area (Å²) in [5.74, 6) is -0.0310. The van der Waals surface area contributed by atoms with Gasteiger partial charge in [-0.15, -0.1) is 4.48 Å². The van der Waals surface area contributed by atoms with Crippen molar-refractivity contribution in [2.24, 2.45) is 4.99 Å². The number of pyridine rings is 1. The molecule has 0 fully saturated rings. The Morgan fingerprint density at radius 1 is 0.808 bits per heavy atom. The van der Waals surface area contributed by atoms with Gasteiger partial charge in [0.05, 0.1) is 45.9 Å². The van der Waals surface area contributed by atoms with Crippen molar-refractivity contribution in [3.63, 3.8) is 0 Å². The van der Waals surface area contributed by atoms with Gasteiger partial charge in [-0.25, -0.2) is 4.98 Å². The van der Waals surface area contributed by atoms with Crippen molar-refractivity contribution in [3.05, 3.63) is 139 Å². The van der Waals surface area contributed by atoms with Crippen molar-refractivity contribution in [1.82, 2.24) is 29.4 Å². The molecule has 7 aromatic rings. The Morgan fingerprint density at radius 3 is 2.19 bits per heavy atom. The highest BCUT2D eigenvalue weighted by Gasteiger charge is 2.57. The highest BCUT2D eigenvalue weighted by molar-refractivity contribution is 7.24. The minimum absolute atomic E-state index is 0.161. The Balaban J connectivity index is 1.23. The van der Waals surface area contributed by atoms with Gasteiger partial charge in [-0.1, -0.05) is 65.1 Å². The smallest absolute Gasteiger partial charge is 0.414 e. The summed E-state index contributed by atoms with van der Waals surface area (Å²) in [6.07, 6.45) is 9.37. The summed E-state index contributed by atoms with van der Waals surface area (Å²) in [6, 6.07) is 31.8. The molecular formula is C39H31N8O3S2+. The number of nitriles is 1. The number of methoxy groups -OCH3 is 1. The van der Waals surface area contributed by atoms with Gasteiger partial charge in [0.2, 0.25) is 0 Å². The number of thiazole rings is 2. The van der Waals surface area contributed by atoms with Crippen LogP contribution in [0.5, 0.6) is 11.8 Å². The molecule has 0 saturated carbocycles. The molecule has 5 heterocycles. The molecule has 0 radical (unpaired) electrons. The minimum Gasteiger partial charge on any atom is -0.497 e. The normalized spacial score (nSPS) is 15.5. The molecule has 256 valence electrons. The summed E-state index contributed by atoms with van der Waals surface area (Å²) >= 11 is 3.04. The molecule has 4 aromatic heterocycles. The van der Waals surface area contributed by atoms with Gasteiger partial charge in [0.1, 0.15) is 18.3 Å². The zero-order valence-corrected chi connectivity index (χ0v) is 29.6. The number of hydrogen-bond donors (Lipinski definition) is 0. The van der Waals surface area contributed by atoms with Crippen LogP contribution in [0.2, 0.25) is 0 Å². The number of nitrogens with zero attached hydrogens (tertiary/aromatic N) is 8. The highest BCUT2D eigenvalue weighted by atomic mass is 32.1. The van der Waals surface area contributed by atoms with Crippen LogP contribution in [0, 0.1) is 11.3 Å². The van der Waals surface area contributed by atoms with Gasteiger partial charge >= 0.3 is 22.3 Å². The van der Waals surface area contributed by atoms with Gasteiger partial charge in [0.25, 0.3) is 0 Å². The number of benzene rings is 3. The molecule has 11 nitrogen and oxygen atoms in total. The predicted molar refractivity (Wildman–Crippen MR) is 203 cm³/mol. The molecule has 0 spiro atoms. The molecule has 8 rings (SSSR count). The van der Waals surface area contributed by atoms with Crippen molar-refractivity contribution in [2.75, 3.05) is 13.7 Å². The molecule has 0 saturated heterocycles. The number of amidine groups is 1. The number of rotatable bonds is 11. The van der Waals surface area contributed by atoms with E-state index in [2.05, 4.69) is 16.0 Å². The Hall–Kier alpha value is -6.07. The monoisotopic (exact) mass is 723 g/mol. The SMILES string of the molecule is COc1ccc(CCOc2nccc(C(C#N)C3C=CN=C(OCc4cccnc4)[N+]3(c3nc4ccccc4s3)c3nc4ccccc4s3)n2)cc1. The first-order valence-corrected chi connectivity index (χ1v) is 18.1. The van der Waals surface area contributed by atoms with Crippen LogP contribution in [0.25, 0.3) is 20.4 Å². The van der Waals surface area contributed by atoms with E-state index in [0.717, 1.165) is 37.3 Å². The van der Waals surface area contributed by atoms with E-state index in [-0.39, 0.29) is 17.1 Å². The lowest BCUT2D eigenvalue weighted by Crippen LogP contribution is -2.60. The predicted octanol–water partition coefficient (Wildman–Crippen LogP) is 8.14. The number of ether oxygens (including phenoxy) is 3. The van der Waals surface area contributed by atoms with Gasteiger partial charge in [-0.3, -0.25) is 4.98 Å². The second kappa shape index (κ2) is 14.7. The molecule has 0 aliphatic carbocycles. The van der Waals surface area contributed by atoms with Crippen LogP contribution in [0.3, 0.4) is 0 Å². The molecule has 52 heavy (non-hydrogen) atoms. The maximum absolute atomic E-state index is 11.1. The lowest BCUT2D eigenvalue weighted by Gasteiger charge is -2.39. The molecule has 2 atom stereocenters. The average Bonchev–Trinajstić information content (AvgIpc) is 3.84. The van der Waals surface area contributed by atoms with Crippen LogP contribution < -0.4 is 14.0 Å². The maximum atomic E-state index is 11.1. The summed E-state index contributed by atoms with van der Waals surface area (Å²) in [7, 11) is 1.64. The van der Waals surface area contributed by atoms with Gasteiger partial charge < -0.3 is 14.2 Å². The summed E-state index contributed by atoms with van der Waals surface area (Å²) < 4.78 is 19.8. The topological polar surface area (TPSA) is 128 Å². The van der Waals surface area contributed by atoms with Crippen LogP contribution in [0.1, 0.15) is 22.7 Å². The van der Waals surface area contributed by atoms with E-state index in [9.17, 15) is 5.26 Å². The molecule has 0 N–H and O–H groups in total. The van der Waals surface area contributed by atoms with Crippen LogP contribution >= 0.6 is 22.7 Å². The van der Waals surface area contributed by atoms with E-state index in [1.807, 2.05) is 91.0 Å². The number of fused-ring (bicyclic) bond motifs is 2. The van der Waals surface area contributed by atoms with E-state index in [4.69, 9.17) is 34.2 Å². The Morgan fingerprint density at radius 2 is 1.54 bits per heavy atom. The van der Waals surface area contributed by atoms with Crippen LogP contribution in [-0.2, 0) is 17.8 Å². The number of hydrogen-bond acceptors (Lipinski definition) is 12. The number of para-hydroxylation sites is 2. The van der Waals surface area contributed by atoms with Crippen LogP contribution in [0.4, 0.5) is 10.3 Å². The first-order chi connectivity index (χ1) is 25.6. The summed E-state index contributed by atoms with van der Waals surface area (Å²) in [6.45, 7) is 0.548. The van der Waals surface area contributed by atoms with Gasteiger partial charge in [0.15, 0.2) is 6.04 Å². The minimum atomic E-state index is -0.824. The number of aliphatic imine (C=N–C) groups is 1. The third-order valence-electron chi connectivity index (χ3n) is 8.71. The average molecular weight is 724 g/mol. The molecule has 2 unspecified atom stereocenters. The lowest BCUT2D eigenvalue weighted by atomic mass is 9.93. The molecule has 0 bridgehead atoms. The quantitative estimate of drug-likeness (QED) is 0.122. The molecule has 1 aliphatic rings. The summed E-state index contributed by atoms with van der Waals surface area (Å²) in [5, 5.41) is 12.4. The van der Waals surface area contributed by atoms with Gasteiger partial charge in [-0.2, -0.15) is 25.2 Å². The first kappa shape index (κ1) is 33.1. The highest BCUT2D eigenvalue weighted by Crippen LogP contribution is 2.50. The molecule has 1 aliphatic heterocycles. The Labute approximate surface area is 307 Å². The van der Waals surface area contributed by atoms with Crippen LogP contribution in [-0.4, -0.2) is 50.7 Å². The largest absolute Gasteiger partial charge is 0.497 e. The van der Waals surface area contributed by atoms with E-state index < -0.39 is 12.0 Å². The zero-order chi connectivity index (χ0) is 35.3. The van der Waals surface area contributed by atoms with E-state index in [1.54, 1.807) is 38.0 Å². The fraction of sp³-hybridized carbons (Fsp3) is 0.154. The number of aromatic nitrogens is 5. The zero-order valence-electron chi connectivity index (χ0n) is 27.9. The van der Waals surface area contributed by atoms with Crippen molar-refractivity contribution < 1.29 is 14.2 Å². The summed E-state index contributed by atoms with van der Waals surface area (Å²) in [4.78, 5) is 28.7. The number of quaternary nitrogens is 1. The standard InChI is InChI=1S/C39H31N8O3S2/c1-48-28-14-12-26(13-15-28)18-22-49-36-42-20-16-30(44-36)29(23-40)33-17-21-43-37(50-25-27-7-6-19-41-24-27)47(33,38-45-31-8-2-4-10-34(31)51-38)39-46-32-9-3-5-11-35(32)52-39/h2-17,19-21,24,29,33H,18,22,25H2,1H3/q+1. The second-order valence-electron chi connectivity index (χ2n) is 11.9. The second-order valence-corrected chi connectivity index (χ2v) is 13.9. The Bertz CT molecular complexity index is 2300. The molecule has 3 aromatic carbocycles. The molecule has 0 amide bonds. The van der Waals surface area contributed by atoms with Crippen molar-refractivity contribution in [3.8, 4) is 17.8 Å². The van der Waals surface area contributed by atoms with E-state index >= 15 is 0 Å². The maximum Gasteiger partial charge on any atom is 0.414 e. The first-order valence-electron chi connectivity index (χ1n) is 16.5. The third-order valence-corrected chi connectivity index (χ3v) is 11.0. The van der Waals surface area contributed by atoms with E-state index in [1.165, 1.54) is 22.7 Å². The third kappa shape index (κ3) is 6.35. The fourth-order valence-electron chi connectivity index (χ4n) is 6.14. The fourth-order valence-corrected chi connectivity index (χ4v) is 8.47. The van der Waals surface area contributed by atoms with Crippen molar-refractivity contribution in [1.29, 1.82) is 5.26 Å². The van der Waals surface area contributed by atoms with Gasteiger partial charge in [-0.05, 0) is 60.2 Å². The molecular weight excluding hydrogens is 693 g/mol. The lowest BCUT2D eigenvalue weighted by molar-refractivity contribution is 0.228. The van der Waals surface area contributed by atoms with E-state index in [0.29, 0.717) is 35.0 Å². The van der Waals surface area contributed by atoms with Crippen molar-refractivity contribution >= 4 is 59.4 Å². The van der Waals surface area contributed by atoms with Crippen LogP contribution in [0.15, 0.2) is 127 Å². The van der Waals surface area contributed by atoms with Crippen molar-refractivity contribution in [2.45, 2.75) is 25.0 Å². The van der Waals surface area contributed by atoms with Gasteiger partial charge in [0, 0.05) is 36.8 Å². The molecule has 13 heteroatoms. The Kier molecular flexibility index (Phi) is 9.32. The summed E-state index contributed by atoms with van der Waals surface area (Å²) in [5.41, 5.74) is 4.09.